The predicted molar refractivity (Wildman–Crippen MR) is 121 cm³/mol. The zero-order valence-corrected chi connectivity index (χ0v) is 18.5. The molecule has 4 rings (SSSR count). The highest BCUT2D eigenvalue weighted by Crippen LogP contribution is 2.28. The summed E-state index contributed by atoms with van der Waals surface area (Å²) in [5, 5.41) is 4.72. The molecular formula is C25H20FN3O6. The second-order valence-electron chi connectivity index (χ2n) is 7.56. The number of carbonyl (C=O) groups excluding carboxylic acids is 4. The fourth-order valence-corrected chi connectivity index (χ4v) is 3.42. The number of amides is 5. The molecule has 0 aromatic heterocycles. The third-order valence-corrected chi connectivity index (χ3v) is 5.18. The number of ether oxygens (including phenoxy) is 2. The van der Waals surface area contributed by atoms with Crippen molar-refractivity contribution in [2.75, 3.05) is 7.11 Å². The number of benzene rings is 3. The van der Waals surface area contributed by atoms with Gasteiger partial charge in [-0.25, -0.2) is 9.18 Å². The van der Waals surface area contributed by atoms with Crippen LogP contribution in [0, 0.1) is 5.82 Å². The smallest absolute Gasteiger partial charge is 0.331 e. The second-order valence-corrected chi connectivity index (χ2v) is 7.56. The lowest BCUT2D eigenvalue weighted by atomic mass is 10.1. The van der Waals surface area contributed by atoms with E-state index in [1.807, 2.05) is 5.32 Å². The number of carbonyl (C=O) groups is 4. The minimum Gasteiger partial charge on any atom is -0.496 e. The van der Waals surface area contributed by atoms with Crippen molar-refractivity contribution in [3.8, 4) is 17.2 Å². The number of nitrogens with zero attached hydrogens (tertiary/aromatic N) is 1. The summed E-state index contributed by atoms with van der Waals surface area (Å²) in [4.78, 5) is 48.3. The van der Waals surface area contributed by atoms with Gasteiger partial charge >= 0.3 is 17.8 Å². The van der Waals surface area contributed by atoms with E-state index in [1.54, 1.807) is 36.4 Å². The molecule has 0 radical (unpaired) electrons. The van der Waals surface area contributed by atoms with Crippen molar-refractivity contribution in [3.63, 3.8) is 0 Å². The van der Waals surface area contributed by atoms with Gasteiger partial charge in [0.2, 0.25) is 0 Å². The molecule has 1 saturated heterocycles. The van der Waals surface area contributed by atoms with Crippen LogP contribution in [0.15, 0.2) is 66.7 Å². The molecule has 2 N–H and O–H groups in total. The first-order chi connectivity index (χ1) is 16.8. The first kappa shape index (κ1) is 23.4. The molecule has 1 aliphatic rings. The maximum absolute atomic E-state index is 13.1. The maximum atomic E-state index is 13.1. The van der Waals surface area contributed by atoms with Crippen LogP contribution in [0.2, 0.25) is 0 Å². The number of hydrogen-bond acceptors (Lipinski definition) is 6. The van der Waals surface area contributed by atoms with E-state index in [9.17, 15) is 23.6 Å². The molecule has 3 aromatic rings. The van der Waals surface area contributed by atoms with Gasteiger partial charge in [0, 0.05) is 23.7 Å². The largest absolute Gasteiger partial charge is 0.496 e. The van der Waals surface area contributed by atoms with Gasteiger partial charge in [0.05, 0.1) is 13.7 Å². The third-order valence-electron chi connectivity index (χ3n) is 5.18. The molecule has 35 heavy (non-hydrogen) atoms. The van der Waals surface area contributed by atoms with Gasteiger partial charge in [0.25, 0.3) is 5.91 Å². The number of halogens is 1. The number of imide groups is 2. The van der Waals surface area contributed by atoms with Crippen LogP contribution in [0.4, 0.5) is 9.18 Å². The van der Waals surface area contributed by atoms with Gasteiger partial charge < -0.3 is 14.8 Å². The molecule has 0 saturated carbocycles. The van der Waals surface area contributed by atoms with E-state index in [0.29, 0.717) is 33.9 Å². The summed E-state index contributed by atoms with van der Waals surface area (Å²) in [5.74, 6) is -1.23. The van der Waals surface area contributed by atoms with Crippen LogP contribution in [-0.2, 0) is 22.7 Å². The van der Waals surface area contributed by atoms with E-state index in [4.69, 9.17) is 9.47 Å². The molecule has 3 aromatic carbocycles. The molecule has 5 amide bonds. The Morgan fingerprint density at radius 2 is 1.74 bits per heavy atom. The average Bonchev–Trinajstić information content (AvgIpc) is 3.10. The monoisotopic (exact) mass is 477 g/mol. The van der Waals surface area contributed by atoms with Gasteiger partial charge in [0.1, 0.15) is 23.1 Å². The lowest BCUT2D eigenvalue weighted by molar-refractivity contribution is -0.140. The highest BCUT2D eigenvalue weighted by Gasteiger charge is 2.36. The molecule has 1 heterocycles. The zero-order valence-electron chi connectivity index (χ0n) is 18.5. The predicted octanol–water partition coefficient (Wildman–Crippen LogP) is 3.14. The Morgan fingerprint density at radius 1 is 1.00 bits per heavy atom. The minimum atomic E-state index is -0.980. The molecular weight excluding hydrogens is 457 g/mol. The SMILES string of the molecule is COc1cc(Oc2ccc(F)cc2)ccc1CNC(=O)c1cccc(CN2C(=O)NC(=O)C2=O)c1. The van der Waals surface area contributed by atoms with Crippen molar-refractivity contribution in [1.82, 2.24) is 15.5 Å². The molecule has 0 bridgehead atoms. The van der Waals surface area contributed by atoms with Gasteiger partial charge in [-0.05, 0) is 54.1 Å². The molecule has 0 aliphatic carbocycles. The fraction of sp³-hybridized carbons (Fsp3) is 0.120. The average molecular weight is 477 g/mol. The molecule has 1 fully saturated rings. The van der Waals surface area contributed by atoms with Crippen LogP contribution in [0.1, 0.15) is 21.5 Å². The topological polar surface area (TPSA) is 114 Å². The van der Waals surface area contributed by atoms with Crippen LogP contribution in [0.3, 0.4) is 0 Å². The van der Waals surface area contributed by atoms with Gasteiger partial charge in [-0.3, -0.25) is 24.6 Å². The molecule has 10 heteroatoms. The summed E-state index contributed by atoms with van der Waals surface area (Å²) in [5.41, 5.74) is 1.52. The number of urea groups is 1. The molecule has 178 valence electrons. The van der Waals surface area contributed by atoms with Gasteiger partial charge in [-0.1, -0.05) is 12.1 Å². The first-order valence-electron chi connectivity index (χ1n) is 10.5. The van der Waals surface area contributed by atoms with Gasteiger partial charge in [0.15, 0.2) is 0 Å². The lowest BCUT2D eigenvalue weighted by Gasteiger charge is -2.14. The van der Waals surface area contributed by atoms with Crippen molar-refractivity contribution in [3.05, 3.63) is 89.2 Å². The molecule has 0 spiro atoms. The van der Waals surface area contributed by atoms with Gasteiger partial charge in [-0.15, -0.1) is 0 Å². The van der Waals surface area contributed by atoms with E-state index in [-0.39, 0.29) is 24.8 Å². The van der Waals surface area contributed by atoms with Crippen LogP contribution in [0.5, 0.6) is 17.2 Å². The van der Waals surface area contributed by atoms with Crippen LogP contribution in [0.25, 0.3) is 0 Å². The summed E-state index contributed by atoms with van der Waals surface area (Å²) >= 11 is 0. The van der Waals surface area contributed by atoms with Gasteiger partial charge in [-0.2, -0.15) is 0 Å². The summed E-state index contributed by atoms with van der Waals surface area (Å²) in [6.07, 6.45) is 0. The lowest BCUT2D eigenvalue weighted by Crippen LogP contribution is -2.30. The summed E-state index contributed by atoms with van der Waals surface area (Å²) in [6, 6.07) is 16.3. The van der Waals surface area contributed by atoms with Crippen molar-refractivity contribution < 1.29 is 33.0 Å². The highest BCUT2D eigenvalue weighted by atomic mass is 19.1. The van der Waals surface area contributed by atoms with E-state index in [0.717, 1.165) is 4.90 Å². The first-order valence-corrected chi connectivity index (χ1v) is 10.5. The Kier molecular flexibility index (Phi) is 6.72. The van der Waals surface area contributed by atoms with Crippen LogP contribution in [-0.4, -0.2) is 35.8 Å². The summed E-state index contributed by atoms with van der Waals surface area (Å²) in [6.45, 7) is 0.0193. The van der Waals surface area contributed by atoms with Crippen LogP contribution >= 0.6 is 0 Å². The van der Waals surface area contributed by atoms with Crippen molar-refractivity contribution in [1.29, 1.82) is 0 Å². The number of methoxy groups -OCH3 is 1. The normalized spacial score (nSPS) is 13.0. The Bertz CT molecular complexity index is 1310. The Balaban J connectivity index is 1.40. The second kappa shape index (κ2) is 10.0. The minimum absolute atomic E-state index is 0.138. The van der Waals surface area contributed by atoms with Crippen molar-refractivity contribution in [2.45, 2.75) is 13.1 Å². The molecule has 9 nitrogen and oxygen atoms in total. The van der Waals surface area contributed by atoms with E-state index in [2.05, 4.69) is 5.32 Å². The summed E-state index contributed by atoms with van der Waals surface area (Å²) in [7, 11) is 1.49. The van der Waals surface area contributed by atoms with Crippen molar-refractivity contribution in [2.24, 2.45) is 0 Å². The zero-order chi connectivity index (χ0) is 24.9. The number of hydrogen-bond donors (Lipinski definition) is 2. The molecule has 1 aliphatic heterocycles. The molecule has 0 unspecified atom stereocenters. The molecule has 0 atom stereocenters. The highest BCUT2D eigenvalue weighted by molar-refractivity contribution is 6.44. The Morgan fingerprint density at radius 3 is 2.43 bits per heavy atom. The van der Waals surface area contributed by atoms with E-state index < -0.39 is 17.8 Å². The number of nitrogens with one attached hydrogen (secondary N) is 2. The Labute approximate surface area is 199 Å². The Hall–Kier alpha value is -4.73. The maximum Gasteiger partial charge on any atom is 0.331 e. The van der Waals surface area contributed by atoms with Crippen molar-refractivity contribution >= 4 is 23.8 Å². The quantitative estimate of drug-likeness (QED) is 0.381. The summed E-state index contributed by atoms with van der Waals surface area (Å²) < 4.78 is 24.2. The van der Waals surface area contributed by atoms with E-state index in [1.165, 1.54) is 37.4 Å². The number of rotatable bonds is 8. The standard InChI is InChI=1S/C25H20FN3O6/c1-34-21-12-20(35-19-9-6-18(26)7-10-19)8-5-17(21)13-27-22(30)16-4-2-3-15(11-16)14-29-24(32)23(31)28-25(29)33/h2-12H,13-14H2,1H3,(H,27,30)(H,28,31,33). The van der Waals surface area contributed by atoms with E-state index >= 15 is 0 Å². The third kappa shape index (κ3) is 5.44. The fourth-order valence-electron chi connectivity index (χ4n) is 3.42. The van der Waals surface area contributed by atoms with Crippen LogP contribution < -0.4 is 20.1 Å².